The molecule has 0 radical (unpaired) electrons. The summed E-state index contributed by atoms with van der Waals surface area (Å²) in [7, 11) is 0. The van der Waals surface area contributed by atoms with Gasteiger partial charge >= 0.3 is 18.0 Å². The van der Waals surface area contributed by atoms with Crippen LogP contribution in [0.25, 0.3) is 21.9 Å². The zero-order valence-electron chi connectivity index (χ0n) is 28.3. The quantitative estimate of drug-likeness (QED) is 0.241. The number of aromatic nitrogens is 4. The number of carbonyl (C=O) groups excluding carboxylic acids is 1. The van der Waals surface area contributed by atoms with Crippen molar-refractivity contribution in [2.45, 2.75) is 89.8 Å². The molecule has 13 heteroatoms. The van der Waals surface area contributed by atoms with Crippen LogP contribution in [-0.2, 0) is 23.5 Å². The Morgan fingerprint density at radius 2 is 1.86 bits per heavy atom. The molecule has 1 aromatic carbocycles. The summed E-state index contributed by atoms with van der Waals surface area (Å²) in [5.74, 6) is 0.0111. The molecule has 0 aliphatic heterocycles. The molecule has 0 bridgehead atoms. The van der Waals surface area contributed by atoms with E-state index in [2.05, 4.69) is 20.6 Å². The minimum atomic E-state index is -4.72. The third-order valence-electron chi connectivity index (χ3n) is 7.70. The first-order valence-corrected chi connectivity index (χ1v) is 14.1. The van der Waals surface area contributed by atoms with Gasteiger partial charge in [0.2, 0.25) is 0 Å². The standard InChI is InChI=1S/C31H37F3N6O4/c1-28(2,3)44-26(41)38-30(6)12-11-17(15-30)40-21-14-23(35-16-22(21)39(7)27(40)42)36-24-13-20(29(4,5)43)18-9-8-10-19(25(18)37-24)31(32,33)34/h8-10,13-14,16-17,43H,11-12,15H2,1-7H3,(H,38,41)(H,35,36,37)/t17-,30+/m1/s1/i7D3. The number of imidazole rings is 1. The van der Waals surface area contributed by atoms with Crippen molar-refractivity contribution in [1.82, 2.24) is 24.4 Å². The van der Waals surface area contributed by atoms with Gasteiger partial charge in [0.1, 0.15) is 17.2 Å². The number of fused-ring (bicyclic) bond motifs is 2. The van der Waals surface area contributed by atoms with E-state index >= 15 is 0 Å². The van der Waals surface area contributed by atoms with Crippen LogP contribution in [0.5, 0.6) is 0 Å². The highest BCUT2D eigenvalue weighted by molar-refractivity contribution is 5.88. The number of halogens is 3. The fourth-order valence-electron chi connectivity index (χ4n) is 5.81. The lowest BCUT2D eigenvalue weighted by Gasteiger charge is -2.28. The van der Waals surface area contributed by atoms with Gasteiger partial charge in [-0.05, 0) is 78.5 Å². The van der Waals surface area contributed by atoms with Crippen molar-refractivity contribution in [3.8, 4) is 0 Å². The van der Waals surface area contributed by atoms with Crippen LogP contribution < -0.4 is 16.3 Å². The molecule has 3 aromatic heterocycles. The molecule has 5 rings (SSSR count). The maximum absolute atomic E-state index is 14.0. The normalized spacial score (nSPS) is 20.8. The summed E-state index contributed by atoms with van der Waals surface area (Å²) < 4.78 is 73.4. The molecule has 1 aliphatic carbocycles. The molecule has 44 heavy (non-hydrogen) atoms. The molecular weight excluding hydrogens is 577 g/mol. The van der Waals surface area contributed by atoms with Crippen LogP contribution in [0.15, 0.2) is 41.3 Å². The van der Waals surface area contributed by atoms with Crippen LogP contribution in [0.1, 0.15) is 82.1 Å². The van der Waals surface area contributed by atoms with Crippen LogP contribution in [0.3, 0.4) is 0 Å². The van der Waals surface area contributed by atoms with Gasteiger partial charge in [0.15, 0.2) is 0 Å². The zero-order valence-corrected chi connectivity index (χ0v) is 25.3. The van der Waals surface area contributed by atoms with Gasteiger partial charge in [-0.3, -0.25) is 9.13 Å². The number of alkyl carbamates (subject to hydrolysis) is 1. The van der Waals surface area contributed by atoms with Crippen molar-refractivity contribution in [3.05, 3.63) is 58.1 Å². The predicted octanol–water partition coefficient (Wildman–Crippen LogP) is 6.28. The maximum atomic E-state index is 14.0. The summed E-state index contributed by atoms with van der Waals surface area (Å²) in [6, 6.07) is 5.93. The van der Waals surface area contributed by atoms with Gasteiger partial charge in [-0.25, -0.2) is 19.6 Å². The van der Waals surface area contributed by atoms with Crippen LogP contribution >= 0.6 is 0 Å². The summed E-state index contributed by atoms with van der Waals surface area (Å²) in [5, 5.41) is 16.7. The molecule has 0 unspecified atom stereocenters. The molecule has 4 aromatic rings. The largest absolute Gasteiger partial charge is 0.444 e. The number of hydrogen-bond donors (Lipinski definition) is 3. The Hall–Kier alpha value is -4.13. The van der Waals surface area contributed by atoms with E-state index < -0.39 is 53.3 Å². The molecule has 1 saturated carbocycles. The predicted molar refractivity (Wildman–Crippen MR) is 161 cm³/mol. The summed E-state index contributed by atoms with van der Waals surface area (Å²) in [4.78, 5) is 34.8. The van der Waals surface area contributed by atoms with E-state index in [0.29, 0.717) is 23.8 Å². The van der Waals surface area contributed by atoms with Crippen LogP contribution in [-0.4, -0.2) is 41.4 Å². The number of nitrogens with zero attached hydrogens (tertiary/aromatic N) is 4. The van der Waals surface area contributed by atoms with E-state index in [4.69, 9.17) is 8.85 Å². The van der Waals surface area contributed by atoms with Gasteiger partial charge in [-0.2, -0.15) is 13.2 Å². The van der Waals surface area contributed by atoms with E-state index in [9.17, 15) is 27.9 Å². The molecule has 1 amide bonds. The lowest BCUT2D eigenvalue weighted by Crippen LogP contribution is -2.46. The Labute approximate surface area is 256 Å². The molecule has 236 valence electrons. The van der Waals surface area contributed by atoms with Gasteiger partial charge in [0.25, 0.3) is 0 Å². The first kappa shape index (κ1) is 27.4. The number of alkyl halides is 3. The van der Waals surface area contributed by atoms with Crippen molar-refractivity contribution < 1.29 is 31.9 Å². The fraction of sp³-hybridized carbons (Fsp3) is 0.484. The highest BCUT2D eigenvalue weighted by atomic mass is 19.4. The summed E-state index contributed by atoms with van der Waals surface area (Å²) in [6.07, 6.45) is -2.94. The number of hydrogen-bond acceptors (Lipinski definition) is 7. The van der Waals surface area contributed by atoms with E-state index in [-0.39, 0.29) is 39.1 Å². The molecule has 1 fully saturated rings. The second kappa shape index (κ2) is 10.5. The molecule has 1 aliphatic rings. The first-order chi connectivity index (χ1) is 21.5. The molecule has 3 N–H and O–H groups in total. The number of anilines is 2. The van der Waals surface area contributed by atoms with E-state index in [1.54, 1.807) is 20.8 Å². The van der Waals surface area contributed by atoms with Crippen molar-refractivity contribution in [2.24, 2.45) is 6.98 Å². The maximum Gasteiger partial charge on any atom is 0.418 e. The fourth-order valence-corrected chi connectivity index (χ4v) is 5.81. The van der Waals surface area contributed by atoms with Crippen molar-refractivity contribution in [3.63, 3.8) is 0 Å². The van der Waals surface area contributed by atoms with Crippen molar-refractivity contribution >= 4 is 39.7 Å². The van der Waals surface area contributed by atoms with Crippen molar-refractivity contribution in [2.75, 3.05) is 5.32 Å². The number of rotatable bonds is 5. The first-order valence-electron chi connectivity index (χ1n) is 15.6. The summed E-state index contributed by atoms with van der Waals surface area (Å²) in [5.41, 5.74) is -4.75. The SMILES string of the molecule is [2H]C([2H])([2H])n1c(=O)n([C@@H]2CC[C@](C)(NC(=O)OC(C)(C)C)C2)c2cc(Nc3cc(C(C)(C)O)c4cccc(C(F)(F)F)c4n3)ncc21. The zero-order chi connectivity index (χ0) is 34.9. The third kappa shape index (κ3) is 6.10. The molecule has 0 spiro atoms. The second-order valence-electron chi connectivity index (χ2n) is 13.1. The van der Waals surface area contributed by atoms with Gasteiger partial charge in [0.05, 0.1) is 33.9 Å². The molecule has 0 saturated heterocycles. The average molecular weight is 618 g/mol. The van der Waals surface area contributed by atoms with E-state index in [1.165, 1.54) is 48.9 Å². The number of ether oxygens (including phenoxy) is 1. The van der Waals surface area contributed by atoms with Gasteiger partial charge < -0.3 is 20.5 Å². The Balaban J connectivity index is 1.59. The molecular formula is C31H37F3N6O4. The third-order valence-corrected chi connectivity index (χ3v) is 7.70. The number of nitrogens with one attached hydrogen (secondary N) is 2. The number of para-hydroxylation sites is 1. The average Bonchev–Trinajstić information content (AvgIpc) is 3.41. The monoisotopic (exact) mass is 617 g/mol. The van der Waals surface area contributed by atoms with Crippen LogP contribution in [0, 0.1) is 0 Å². The van der Waals surface area contributed by atoms with Gasteiger partial charge in [0, 0.05) is 34.1 Å². The topological polar surface area (TPSA) is 123 Å². The smallest absolute Gasteiger partial charge is 0.418 e. The van der Waals surface area contributed by atoms with E-state index in [1.807, 2.05) is 6.92 Å². The van der Waals surface area contributed by atoms with Crippen molar-refractivity contribution in [1.29, 1.82) is 0 Å². The lowest BCUT2D eigenvalue weighted by atomic mass is 9.93. The lowest BCUT2D eigenvalue weighted by molar-refractivity contribution is -0.136. The number of benzene rings is 1. The molecule has 2 atom stereocenters. The highest BCUT2D eigenvalue weighted by Gasteiger charge is 2.40. The summed E-state index contributed by atoms with van der Waals surface area (Å²) >= 11 is 0. The Morgan fingerprint density at radius 1 is 1.14 bits per heavy atom. The van der Waals surface area contributed by atoms with E-state index in [0.717, 1.165) is 6.07 Å². The van der Waals surface area contributed by atoms with Gasteiger partial charge in [-0.1, -0.05) is 12.1 Å². The Bertz CT molecular complexity index is 1930. The Kier molecular flexibility index (Phi) is 6.54. The summed E-state index contributed by atoms with van der Waals surface area (Å²) in [6.45, 7) is 7.08. The number of amides is 1. The number of aryl methyl sites for hydroxylation is 1. The highest BCUT2D eigenvalue weighted by Crippen LogP contribution is 2.40. The minimum Gasteiger partial charge on any atom is -0.444 e. The minimum absolute atomic E-state index is 0.0252. The molecule has 10 nitrogen and oxygen atoms in total. The van der Waals surface area contributed by atoms with Gasteiger partial charge in [-0.15, -0.1) is 0 Å². The second-order valence-corrected chi connectivity index (χ2v) is 13.1. The number of carbonyl (C=O) groups is 1. The Morgan fingerprint density at radius 3 is 2.50 bits per heavy atom. The van der Waals surface area contributed by atoms with Crippen LogP contribution in [0.2, 0.25) is 0 Å². The van der Waals surface area contributed by atoms with Crippen LogP contribution in [0.4, 0.5) is 29.6 Å². The number of aliphatic hydroxyl groups is 1. The molecule has 3 heterocycles. The number of pyridine rings is 2.